The Labute approximate surface area is 331 Å². The van der Waals surface area contributed by atoms with Crippen LogP contribution in [0.25, 0.3) is 78.2 Å². The number of fused-ring (bicyclic) bond motifs is 2. The minimum absolute atomic E-state index is 0.846. The van der Waals surface area contributed by atoms with Crippen molar-refractivity contribution in [3.63, 3.8) is 0 Å². The lowest BCUT2D eigenvalue weighted by Crippen LogP contribution is -2.10. The van der Waals surface area contributed by atoms with Crippen molar-refractivity contribution in [3.05, 3.63) is 212 Å². The standard InChI is InChI=1S/C52H35N5/c1-4-15-36(16-5-1)41-21-14-22-44(35-41)57(42-31-27-39(28-32-42)51-49(37-17-6-2-7-18-37)53-45-23-10-12-25-47(45)55-51)43-33-29-40(30-34-43)52-50(38-19-8-3-9-20-38)54-46-24-11-13-26-48(46)56-52/h1-35H. The van der Waals surface area contributed by atoms with Gasteiger partial charge in [-0.2, -0.15) is 0 Å². The lowest BCUT2D eigenvalue weighted by molar-refractivity contribution is 1.26. The molecule has 0 aliphatic rings. The summed E-state index contributed by atoms with van der Waals surface area (Å²) < 4.78 is 0. The number of rotatable bonds is 8. The van der Waals surface area contributed by atoms with Crippen LogP contribution in [0.15, 0.2) is 212 Å². The highest BCUT2D eigenvalue weighted by molar-refractivity contribution is 5.89. The Kier molecular flexibility index (Phi) is 8.78. The van der Waals surface area contributed by atoms with Gasteiger partial charge in [0.2, 0.25) is 0 Å². The van der Waals surface area contributed by atoms with Crippen molar-refractivity contribution in [1.29, 1.82) is 0 Å². The summed E-state index contributed by atoms with van der Waals surface area (Å²) in [5.74, 6) is 0. The van der Waals surface area contributed by atoms with E-state index in [1.165, 1.54) is 0 Å². The quantitative estimate of drug-likeness (QED) is 0.156. The third-order valence-electron chi connectivity index (χ3n) is 10.2. The average molecular weight is 730 g/mol. The molecule has 0 spiro atoms. The van der Waals surface area contributed by atoms with Crippen molar-refractivity contribution in [1.82, 2.24) is 19.9 Å². The zero-order chi connectivity index (χ0) is 38.0. The van der Waals surface area contributed by atoms with Crippen LogP contribution in [-0.2, 0) is 0 Å². The largest absolute Gasteiger partial charge is 0.310 e. The lowest BCUT2D eigenvalue weighted by Gasteiger charge is -2.26. The van der Waals surface area contributed by atoms with Crippen molar-refractivity contribution in [2.45, 2.75) is 0 Å². The predicted octanol–water partition coefficient (Wildman–Crippen LogP) is 13.4. The fourth-order valence-corrected chi connectivity index (χ4v) is 7.44. The summed E-state index contributed by atoms with van der Waals surface area (Å²) in [6.45, 7) is 0. The van der Waals surface area contributed by atoms with Crippen LogP contribution in [0, 0.1) is 0 Å². The highest BCUT2D eigenvalue weighted by atomic mass is 15.1. The molecule has 0 aliphatic heterocycles. The molecule has 5 heteroatoms. The fourth-order valence-electron chi connectivity index (χ4n) is 7.44. The molecule has 10 aromatic rings. The van der Waals surface area contributed by atoms with Crippen LogP contribution in [0.4, 0.5) is 17.1 Å². The molecule has 0 N–H and O–H groups in total. The first-order valence-electron chi connectivity index (χ1n) is 19.1. The van der Waals surface area contributed by atoms with Crippen LogP contribution in [0.1, 0.15) is 0 Å². The smallest absolute Gasteiger partial charge is 0.0973 e. The van der Waals surface area contributed by atoms with Gasteiger partial charge in [0.15, 0.2) is 0 Å². The molecule has 57 heavy (non-hydrogen) atoms. The van der Waals surface area contributed by atoms with Gasteiger partial charge in [-0.3, -0.25) is 0 Å². The maximum Gasteiger partial charge on any atom is 0.0973 e. The molecular formula is C52H35N5. The first-order chi connectivity index (χ1) is 28.2. The van der Waals surface area contributed by atoms with Crippen molar-refractivity contribution in [3.8, 4) is 56.2 Å². The maximum atomic E-state index is 5.16. The third kappa shape index (κ3) is 6.68. The van der Waals surface area contributed by atoms with Crippen molar-refractivity contribution in [2.24, 2.45) is 0 Å². The maximum absolute atomic E-state index is 5.16. The number of hydrogen-bond donors (Lipinski definition) is 0. The monoisotopic (exact) mass is 729 g/mol. The molecule has 0 aliphatic carbocycles. The van der Waals surface area contributed by atoms with Crippen LogP contribution < -0.4 is 4.90 Å². The first-order valence-corrected chi connectivity index (χ1v) is 19.1. The highest BCUT2D eigenvalue weighted by Crippen LogP contribution is 2.40. The summed E-state index contributed by atoms with van der Waals surface area (Å²) in [4.78, 5) is 22.8. The number of hydrogen-bond acceptors (Lipinski definition) is 5. The van der Waals surface area contributed by atoms with Crippen LogP contribution >= 0.6 is 0 Å². The second-order valence-corrected chi connectivity index (χ2v) is 13.9. The zero-order valence-corrected chi connectivity index (χ0v) is 30.9. The van der Waals surface area contributed by atoms with E-state index in [2.05, 4.69) is 132 Å². The molecule has 0 atom stereocenters. The first kappa shape index (κ1) is 33.8. The summed E-state index contributed by atoms with van der Waals surface area (Å²) in [6.07, 6.45) is 0. The van der Waals surface area contributed by atoms with Gasteiger partial charge in [0.25, 0.3) is 0 Å². The molecule has 0 unspecified atom stereocenters. The molecule has 0 bridgehead atoms. The fraction of sp³-hybridized carbons (Fsp3) is 0. The Hall–Kier alpha value is -7.76. The van der Waals surface area contributed by atoms with Gasteiger partial charge in [0, 0.05) is 39.3 Å². The minimum atomic E-state index is 0.846. The second-order valence-electron chi connectivity index (χ2n) is 13.9. The molecule has 0 saturated heterocycles. The van der Waals surface area contributed by atoms with E-state index in [0.717, 1.165) is 95.3 Å². The Morgan fingerprint density at radius 3 is 0.930 bits per heavy atom. The molecular weight excluding hydrogens is 695 g/mol. The number of nitrogens with zero attached hydrogens (tertiary/aromatic N) is 5. The van der Waals surface area contributed by atoms with Gasteiger partial charge in [0.1, 0.15) is 0 Å². The van der Waals surface area contributed by atoms with Crippen molar-refractivity contribution < 1.29 is 0 Å². The lowest BCUT2D eigenvalue weighted by atomic mass is 10.0. The second kappa shape index (κ2) is 14.8. The zero-order valence-electron chi connectivity index (χ0n) is 30.9. The van der Waals surface area contributed by atoms with Crippen molar-refractivity contribution >= 4 is 39.1 Å². The molecule has 5 nitrogen and oxygen atoms in total. The van der Waals surface area contributed by atoms with E-state index in [0.29, 0.717) is 0 Å². The molecule has 0 fully saturated rings. The number of benzene rings is 8. The molecule has 0 amide bonds. The summed E-state index contributed by atoms with van der Waals surface area (Å²) in [7, 11) is 0. The Balaban J connectivity index is 1.09. The summed E-state index contributed by atoms with van der Waals surface area (Å²) >= 11 is 0. The van der Waals surface area contributed by atoms with E-state index >= 15 is 0 Å². The average Bonchev–Trinajstić information content (AvgIpc) is 3.30. The van der Waals surface area contributed by atoms with Crippen LogP contribution in [-0.4, -0.2) is 19.9 Å². The minimum Gasteiger partial charge on any atom is -0.310 e. The van der Waals surface area contributed by atoms with E-state index in [-0.39, 0.29) is 0 Å². The van der Waals surface area contributed by atoms with Gasteiger partial charge in [-0.25, -0.2) is 19.9 Å². The Bertz CT molecular complexity index is 2820. The van der Waals surface area contributed by atoms with Gasteiger partial charge in [-0.1, -0.05) is 152 Å². The summed E-state index contributed by atoms with van der Waals surface area (Å²) in [5.41, 5.74) is 16.3. The van der Waals surface area contributed by atoms with Crippen molar-refractivity contribution in [2.75, 3.05) is 4.90 Å². The third-order valence-corrected chi connectivity index (χ3v) is 10.2. The Morgan fingerprint density at radius 2 is 0.544 bits per heavy atom. The van der Waals surface area contributed by atoms with Gasteiger partial charge >= 0.3 is 0 Å². The number of para-hydroxylation sites is 4. The predicted molar refractivity (Wildman–Crippen MR) is 234 cm³/mol. The van der Waals surface area contributed by atoms with Gasteiger partial charge in [-0.15, -0.1) is 0 Å². The molecule has 8 aromatic carbocycles. The van der Waals surface area contributed by atoms with E-state index in [9.17, 15) is 0 Å². The van der Waals surface area contributed by atoms with E-state index in [1.807, 2.05) is 84.9 Å². The molecule has 10 rings (SSSR count). The van der Waals surface area contributed by atoms with Gasteiger partial charge in [0.05, 0.1) is 44.8 Å². The van der Waals surface area contributed by atoms with E-state index in [1.54, 1.807) is 0 Å². The number of aromatic nitrogens is 4. The van der Waals surface area contributed by atoms with E-state index < -0.39 is 0 Å². The molecule has 0 saturated carbocycles. The Morgan fingerprint density at radius 1 is 0.228 bits per heavy atom. The molecule has 0 radical (unpaired) electrons. The highest BCUT2D eigenvalue weighted by Gasteiger charge is 2.19. The summed E-state index contributed by atoms with van der Waals surface area (Å²) in [5, 5.41) is 0. The van der Waals surface area contributed by atoms with Crippen LogP contribution in [0.2, 0.25) is 0 Å². The van der Waals surface area contributed by atoms with E-state index in [4.69, 9.17) is 19.9 Å². The molecule has 268 valence electrons. The normalized spacial score (nSPS) is 11.2. The molecule has 2 aromatic heterocycles. The van der Waals surface area contributed by atoms with Crippen LogP contribution in [0.3, 0.4) is 0 Å². The van der Waals surface area contributed by atoms with Gasteiger partial charge in [-0.05, 0) is 71.8 Å². The van der Waals surface area contributed by atoms with Gasteiger partial charge < -0.3 is 4.90 Å². The van der Waals surface area contributed by atoms with Crippen LogP contribution in [0.5, 0.6) is 0 Å². The molecule has 2 heterocycles. The topological polar surface area (TPSA) is 54.8 Å². The SMILES string of the molecule is c1ccc(-c2cccc(N(c3ccc(-c4nc5ccccc5nc4-c4ccccc4)cc3)c3ccc(-c4nc5ccccc5nc4-c4ccccc4)cc3)c2)cc1. The summed E-state index contributed by atoms with van der Waals surface area (Å²) in [6, 6.07) is 73.2. The number of anilines is 3.